The zero-order valence-corrected chi connectivity index (χ0v) is 9.07. The first-order valence-corrected chi connectivity index (χ1v) is 5.27. The predicted molar refractivity (Wildman–Crippen MR) is 63.4 cm³/mol. The molecule has 2 rings (SSSR count). The lowest BCUT2D eigenvalue weighted by molar-refractivity contribution is 0.720. The molecule has 0 amide bonds. The van der Waals surface area contributed by atoms with Gasteiger partial charge >= 0.3 is 0 Å². The van der Waals surface area contributed by atoms with Crippen LogP contribution in [0, 0.1) is 0 Å². The van der Waals surface area contributed by atoms with E-state index in [1.165, 1.54) is 0 Å². The molecule has 3 nitrogen and oxygen atoms in total. The smallest absolute Gasteiger partial charge is 0.149 e. The first kappa shape index (κ1) is 9.90. The van der Waals surface area contributed by atoms with Crippen LogP contribution in [-0.2, 0) is 0 Å². The van der Waals surface area contributed by atoms with Crippen LogP contribution in [0.4, 0.5) is 0 Å². The van der Waals surface area contributed by atoms with Gasteiger partial charge in [0, 0.05) is 6.04 Å². The number of hydrogen-bond donors (Lipinski definition) is 1. The molecule has 1 unspecified atom stereocenters. The van der Waals surface area contributed by atoms with E-state index in [4.69, 9.17) is 0 Å². The highest BCUT2D eigenvalue weighted by molar-refractivity contribution is 5.83. The van der Waals surface area contributed by atoms with Gasteiger partial charge in [0.1, 0.15) is 5.82 Å². The third-order valence-electron chi connectivity index (χ3n) is 2.45. The molecular formula is C12H15N3. The first-order valence-electron chi connectivity index (χ1n) is 5.27. The molecule has 78 valence electrons. The summed E-state index contributed by atoms with van der Waals surface area (Å²) in [6.07, 6.45) is 2.87. The van der Waals surface area contributed by atoms with Gasteiger partial charge < -0.3 is 4.98 Å². The van der Waals surface area contributed by atoms with E-state index in [0.29, 0.717) is 6.04 Å². The molecule has 1 aromatic carbocycles. The summed E-state index contributed by atoms with van der Waals surface area (Å²) in [5.41, 5.74) is 2.05. The van der Waals surface area contributed by atoms with E-state index in [0.717, 1.165) is 23.3 Å². The molecule has 1 N–H and O–H groups in total. The van der Waals surface area contributed by atoms with Crippen molar-refractivity contribution in [1.82, 2.24) is 9.97 Å². The predicted octanol–water partition coefficient (Wildman–Crippen LogP) is 2.78. The number of hydrogen-bond acceptors (Lipinski definition) is 2. The van der Waals surface area contributed by atoms with Crippen molar-refractivity contribution >= 4 is 17.2 Å². The molecule has 0 saturated heterocycles. The molecule has 15 heavy (non-hydrogen) atoms. The van der Waals surface area contributed by atoms with E-state index in [1.807, 2.05) is 30.5 Å². The zero-order valence-electron chi connectivity index (χ0n) is 9.07. The fourth-order valence-corrected chi connectivity index (χ4v) is 1.34. The lowest BCUT2D eigenvalue weighted by atomic mass is 10.3. The Morgan fingerprint density at radius 2 is 2.27 bits per heavy atom. The van der Waals surface area contributed by atoms with Crippen molar-refractivity contribution in [2.75, 3.05) is 0 Å². The summed E-state index contributed by atoms with van der Waals surface area (Å²) >= 11 is 0. The number of fused-ring (bicyclic) bond motifs is 1. The van der Waals surface area contributed by atoms with E-state index < -0.39 is 0 Å². The molecule has 0 aliphatic rings. The summed E-state index contributed by atoms with van der Waals surface area (Å²) < 4.78 is 0. The van der Waals surface area contributed by atoms with E-state index in [1.54, 1.807) is 0 Å². The Hall–Kier alpha value is -1.64. The van der Waals surface area contributed by atoms with Crippen LogP contribution in [0.5, 0.6) is 0 Å². The molecule has 0 bridgehead atoms. The Morgan fingerprint density at radius 3 is 3.00 bits per heavy atom. The van der Waals surface area contributed by atoms with Crippen LogP contribution < -0.4 is 0 Å². The maximum atomic E-state index is 4.41. The molecule has 0 saturated carbocycles. The normalized spacial score (nSPS) is 13.7. The zero-order chi connectivity index (χ0) is 10.7. The second-order valence-corrected chi connectivity index (χ2v) is 3.67. The van der Waals surface area contributed by atoms with Crippen molar-refractivity contribution in [2.45, 2.75) is 26.3 Å². The van der Waals surface area contributed by atoms with Gasteiger partial charge in [-0.15, -0.1) is 0 Å². The Bertz CT molecular complexity index is 437. The summed E-state index contributed by atoms with van der Waals surface area (Å²) in [4.78, 5) is 12.0. The highest BCUT2D eigenvalue weighted by Gasteiger charge is 1.99. The first-order chi connectivity index (χ1) is 7.29. The Balaban J connectivity index is 2.26. The molecule has 0 radical (unpaired) electrons. The summed E-state index contributed by atoms with van der Waals surface area (Å²) in [5.74, 6) is 0.830. The summed E-state index contributed by atoms with van der Waals surface area (Å²) in [7, 11) is 0. The van der Waals surface area contributed by atoms with Crippen molar-refractivity contribution in [3.8, 4) is 0 Å². The van der Waals surface area contributed by atoms with Gasteiger partial charge in [-0.05, 0) is 25.5 Å². The van der Waals surface area contributed by atoms with Crippen LogP contribution in [0.1, 0.15) is 26.1 Å². The fraction of sp³-hybridized carbons (Fsp3) is 0.333. The van der Waals surface area contributed by atoms with Crippen molar-refractivity contribution in [1.29, 1.82) is 0 Å². The van der Waals surface area contributed by atoms with Crippen LogP contribution >= 0.6 is 0 Å². The number of para-hydroxylation sites is 2. The average Bonchev–Trinajstić information content (AvgIpc) is 2.68. The van der Waals surface area contributed by atoms with Gasteiger partial charge in [-0.3, -0.25) is 4.99 Å². The topological polar surface area (TPSA) is 41.0 Å². The average molecular weight is 201 g/mol. The second-order valence-electron chi connectivity index (χ2n) is 3.67. The third kappa shape index (κ3) is 2.24. The number of nitrogens with one attached hydrogen (secondary N) is 1. The van der Waals surface area contributed by atoms with E-state index in [9.17, 15) is 0 Å². The molecule has 1 atom stereocenters. The van der Waals surface area contributed by atoms with E-state index in [-0.39, 0.29) is 0 Å². The highest BCUT2D eigenvalue weighted by Crippen LogP contribution is 2.09. The van der Waals surface area contributed by atoms with Gasteiger partial charge in [0.25, 0.3) is 0 Å². The Kier molecular flexibility index (Phi) is 2.81. The van der Waals surface area contributed by atoms with Gasteiger partial charge in [0.2, 0.25) is 0 Å². The monoisotopic (exact) mass is 201 g/mol. The maximum Gasteiger partial charge on any atom is 0.149 e. The number of nitrogens with zero attached hydrogens (tertiary/aromatic N) is 2. The van der Waals surface area contributed by atoms with Crippen LogP contribution in [0.15, 0.2) is 29.3 Å². The summed E-state index contributed by atoms with van der Waals surface area (Å²) in [5, 5.41) is 0. The van der Waals surface area contributed by atoms with Gasteiger partial charge in [-0.2, -0.15) is 0 Å². The second kappa shape index (κ2) is 4.26. The van der Waals surface area contributed by atoms with Crippen molar-refractivity contribution < 1.29 is 0 Å². The Morgan fingerprint density at radius 1 is 1.47 bits per heavy atom. The minimum Gasteiger partial charge on any atom is -0.337 e. The molecule has 1 aromatic heterocycles. The number of benzene rings is 1. The van der Waals surface area contributed by atoms with Crippen LogP contribution in [0.3, 0.4) is 0 Å². The molecular weight excluding hydrogens is 186 g/mol. The molecule has 0 spiro atoms. The maximum absolute atomic E-state index is 4.41. The van der Waals surface area contributed by atoms with Crippen LogP contribution in [0.2, 0.25) is 0 Å². The minimum absolute atomic E-state index is 0.359. The number of imidazole rings is 1. The number of aliphatic imine (C=N–C) groups is 1. The summed E-state index contributed by atoms with van der Waals surface area (Å²) in [6, 6.07) is 8.35. The van der Waals surface area contributed by atoms with Crippen molar-refractivity contribution in [3.63, 3.8) is 0 Å². The largest absolute Gasteiger partial charge is 0.337 e. The van der Waals surface area contributed by atoms with E-state index >= 15 is 0 Å². The molecule has 1 heterocycles. The standard InChI is InChI=1S/C12H15N3/c1-3-9(2)13-8-12-14-10-6-4-5-7-11(10)15-12/h4-9H,3H2,1-2H3,(H,14,15). The summed E-state index contributed by atoms with van der Waals surface area (Å²) in [6.45, 7) is 4.22. The van der Waals surface area contributed by atoms with Gasteiger partial charge in [0.15, 0.2) is 0 Å². The lowest BCUT2D eigenvalue weighted by Gasteiger charge is -1.97. The van der Waals surface area contributed by atoms with Crippen molar-refractivity contribution in [2.24, 2.45) is 4.99 Å². The molecule has 3 heteroatoms. The Labute approximate surface area is 89.3 Å². The van der Waals surface area contributed by atoms with Crippen LogP contribution in [-0.4, -0.2) is 22.2 Å². The molecule has 0 aliphatic carbocycles. The number of H-pyrrole nitrogens is 1. The minimum atomic E-state index is 0.359. The van der Waals surface area contributed by atoms with Gasteiger partial charge in [-0.1, -0.05) is 19.1 Å². The molecule has 2 aromatic rings. The van der Waals surface area contributed by atoms with Crippen molar-refractivity contribution in [3.05, 3.63) is 30.1 Å². The molecule has 0 aliphatic heterocycles. The lowest BCUT2D eigenvalue weighted by Crippen LogP contribution is -1.96. The fourth-order valence-electron chi connectivity index (χ4n) is 1.34. The van der Waals surface area contributed by atoms with Gasteiger partial charge in [0.05, 0.1) is 17.2 Å². The quantitative estimate of drug-likeness (QED) is 0.762. The van der Waals surface area contributed by atoms with Crippen LogP contribution in [0.25, 0.3) is 11.0 Å². The third-order valence-corrected chi connectivity index (χ3v) is 2.45. The highest BCUT2D eigenvalue weighted by atomic mass is 14.9. The number of aromatic amines is 1. The molecule has 0 fully saturated rings. The van der Waals surface area contributed by atoms with E-state index in [2.05, 4.69) is 28.8 Å². The number of rotatable bonds is 3. The SMILES string of the molecule is CCC(C)N=Cc1nc2ccccc2[nH]1. The number of aromatic nitrogens is 2. The van der Waals surface area contributed by atoms with Gasteiger partial charge in [-0.25, -0.2) is 4.98 Å².